The minimum atomic E-state index is 0.677. The highest BCUT2D eigenvalue weighted by Gasteiger charge is 2.18. The molecule has 3 aromatic rings. The van der Waals surface area contributed by atoms with Crippen molar-refractivity contribution in [3.05, 3.63) is 48.9 Å². The molecule has 4 heteroatoms. The van der Waals surface area contributed by atoms with Crippen molar-refractivity contribution in [2.24, 2.45) is 0 Å². The van der Waals surface area contributed by atoms with Crippen molar-refractivity contribution in [2.75, 3.05) is 7.05 Å². The lowest BCUT2D eigenvalue weighted by Crippen LogP contribution is -1.93. The first-order chi connectivity index (χ1) is 9.31. The highest BCUT2D eigenvalue weighted by molar-refractivity contribution is 6.04. The minimum Gasteiger partial charge on any atom is -0.438 e. The monoisotopic (exact) mass is 249 g/mol. The highest BCUT2D eigenvalue weighted by atomic mass is 16.3. The van der Waals surface area contributed by atoms with Crippen LogP contribution in [0.4, 0.5) is 5.69 Å². The van der Waals surface area contributed by atoms with E-state index in [1.54, 1.807) is 6.20 Å². The van der Waals surface area contributed by atoms with Gasteiger partial charge in [-0.25, -0.2) is 4.98 Å². The number of hydrogen-bond acceptors (Lipinski definition) is 2. The van der Waals surface area contributed by atoms with E-state index in [2.05, 4.69) is 17.1 Å². The zero-order chi connectivity index (χ0) is 12.8. The molecule has 0 fully saturated rings. The van der Waals surface area contributed by atoms with E-state index in [4.69, 9.17) is 4.42 Å². The molecular formula is C15H11N3O+2. The van der Waals surface area contributed by atoms with E-state index in [9.17, 15) is 0 Å². The van der Waals surface area contributed by atoms with Gasteiger partial charge in [-0.1, -0.05) is 9.15 Å². The normalized spacial score (nSPS) is 14.2. The van der Waals surface area contributed by atoms with Crippen molar-refractivity contribution in [1.82, 2.24) is 4.98 Å². The van der Waals surface area contributed by atoms with Crippen molar-refractivity contribution >= 4 is 33.8 Å². The Balaban J connectivity index is 2.03. The van der Waals surface area contributed by atoms with Crippen LogP contribution in [0, 0.1) is 0 Å². The second kappa shape index (κ2) is 3.64. The number of furan rings is 1. The summed E-state index contributed by atoms with van der Waals surface area (Å²) in [4.78, 5) is 4.24. The Hall–Kier alpha value is -2.71. The summed E-state index contributed by atoms with van der Waals surface area (Å²) in [5.74, 6) is 0. The van der Waals surface area contributed by atoms with Gasteiger partial charge in [0.25, 0.3) is 6.20 Å². The summed E-state index contributed by atoms with van der Waals surface area (Å²) in [6.07, 6.45) is 5.67. The molecular weight excluding hydrogens is 238 g/mol. The van der Waals surface area contributed by atoms with Gasteiger partial charge in [-0.2, -0.15) is 0 Å². The Labute approximate surface area is 109 Å². The maximum absolute atomic E-state index is 5.71. The summed E-state index contributed by atoms with van der Waals surface area (Å²) in [5.41, 5.74) is 2.59. The molecule has 0 saturated carbocycles. The molecule has 90 valence electrons. The first-order valence-corrected chi connectivity index (χ1v) is 6.05. The van der Waals surface area contributed by atoms with Crippen LogP contribution in [0.5, 0.6) is 0 Å². The van der Waals surface area contributed by atoms with Gasteiger partial charge in [0.05, 0.1) is 0 Å². The number of benzene rings is 1. The van der Waals surface area contributed by atoms with Crippen LogP contribution < -0.4 is 0 Å². The van der Waals surface area contributed by atoms with E-state index in [0.717, 1.165) is 22.0 Å². The fraction of sp³-hybridized carbons (Fsp3) is 0.0667. The Morgan fingerprint density at radius 1 is 1.16 bits per heavy atom. The number of hydrogen-bond donors (Lipinski definition) is 0. The van der Waals surface area contributed by atoms with Crippen molar-refractivity contribution < 1.29 is 13.6 Å². The fourth-order valence-electron chi connectivity index (χ4n) is 2.30. The molecule has 1 aliphatic rings. The predicted molar refractivity (Wildman–Crippen MR) is 71.8 cm³/mol. The van der Waals surface area contributed by atoms with E-state index < -0.39 is 0 Å². The molecule has 0 radical (unpaired) electrons. The number of nitrogens with zero attached hydrogens (tertiary/aromatic N) is 3. The maximum atomic E-state index is 5.71. The van der Waals surface area contributed by atoms with E-state index in [1.165, 1.54) is 0 Å². The Kier molecular flexibility index (Phi) is 1.96. The molecule has 0 saturated heterocycles. The smallest absolute Gasteiger partial charge is 0.438 e. The van der Waals surface area contributed by atoms with Crippen LogP contribution in [0.25, 0.3) is 22.1 Å². The molecule has 1 aromatic carbocycles. The quantitative estimate of drug-likeness (QED) is 0.621. The molecule has 0 aliphatic carbocycles. The van der Waals surface area contributed by atoms with Crippen LogP contribution >= 0.6 is 0 Å². The molecule has 2 aromatic heterocycles. The van der Waals surface area contributed by atoms with Gasteiger partial charge in [0.15, 0.2) is 7.05 Å². The predicted octanol–water partition coefficient (Wildman–Crippen LogP) is 2.93. The van der Waals surface area contributed by atoms with Crippen LogP contribution in [0.15, 0.2) is 53.3 Å². The zero-order valence-corrected chi connectivity index (χ0v) is 10.4. The minimum absolute atomic E-state index is 0.677. The largest absolute Gasteiger partial charge is 0.495 e. The topological polar surface area (TPSA) is 32.0 Å². The average molecular weight is 249 g/mol. The average Bonchev–Trinajstić information content (AvgIpc) is 3.01. The first-order valence-electron chi connectivity index (χ1n) is 6.05. The Bertz CT molecular complexity index is 911. The first kappa shape index (κ1) is 10.2. The van der Waals surface area contributed by atoms with Crippen LogP contribution in [0.3, 0.4) is 0 Å². The van der Waals surface area contributed by atoms with Crippen molar-refractivity contribution in [2.45, 2.75) is 0 Å². The number of aromatic nitrogens is 1. The van der Waals surface area contributed by atoms with Gasteiger partial charge < -0.3 is 4.42 Å². The summed E-state index contributed by atoms with van der Waals surface area (Å²) in [6.45, 7) is 0. The zero-order valence-electron chi connectivity index (χ0n) is 10.4. The Morgan fingerprint density at radius 3 is 2.95 bits per heavy atom. The molecule has 0 atom stereocenters. The second-order valence-corrected chi connectivity index (χ2v) is 4.52. The summed E-state index contributed by atoms with van der Waals surface area (Å²) < 4.78 is 9.55. The van der Waals surface area contributed by atoms with Crippen LogP contribution in [-0.4, -0.2) is 27.2 Å². The van der Waals surface area contributed by atoms with Gasteiger partial charge >= 0.3 is 6.01 Å². The molecule has 3 heterocycles. The van der Waals surface area contributed by atoms with Crippen LogP contribution in [-0.2, 0) is 0 Å². The molecule has 0 unspecified atom stereocenters. The standard InChI is InChI=1S/C15H11N3O/c1-17-7-8-18(10-17)11-4-5-14-13(9-11)12-3-2-6-16-15(12)19-14/h2-9H,1H3/q+2. The van der Waals surface area contributed by atoms with E-state index >= 15 is 0 Å². The van der Waals surface area contributed by atoms with Gasteiger partial charge in [0.2, 0.25) is 17.6 Å². The summed E-state index contributed by atoms with van der Waals surface area (Å²) >= 11 is 0. The van der Waals surface area contributed by atoms with Gasteiger partial charge in [0.1, 0.15) is 5.58 Å². The van der Waals surface area contributed by atoms with E-state index in [-0.39, 0.29) is 0 Å². The molecule has 0 spiro atoms. The third-order valence-electron chi connectivity index (χ3n) is 3.21. The fourth-order valence-corrected chi connectivity index (χ4v) is 2.30. The van der Waals surface area contributed by atoms with Crippen molar-refractivity contribution in [1.29, 1.82) is 0 Å². The van der Waals surface area contributed by atoms with Gasteiger partial charge in [0, 0.05) is 29.1 Å². The summed E-state index contributed by atoms with van der Waals surface area (Å²) in [7, 11) is 1.95. The number of pyridine rings is 1. The number of fused-ring (bicyclic) bond motifs is 3. The van der Waals surface area contributed by atoms with Crippen LogP contribution in [0.2, 0.25) is 0 Å². The summed E-state index contributed by atoms with van der Waals surface area (Å²) in [6, 6.07) is 13.2. The molecule has 0 N–H and O–H groups in total. The third kappa shape index (κ3) is 1.51. The van der Waals surface area contributed by atoms with Crippen molar-refractivity contribution in [3.63, 3.8) is 0 Å². The van der Waals surface area contributed by atoms with Gasteiger partial charge in [-0.3, -0.25) is 0 Å². The second-order valence-electron chi connectivity index (χ2n) is 4.52. The Morgan fingerprint density at radius 2 is 2.11 bits per heavy atom. The van der Waals surface area contributed by atoms with E-state index in [1.807, 2.05) is 52.9 Å². The lowest BCUT2D eigenvalue weighted by Gasteiger charge is -1.90. The molecule has 19 heavy (non-hydrogen) atoms. The molecule has 0 bridgehead atoms. The lowest BCUT2D eigenvalue weighted by atomic mass is 10.2. The van der Waals surface area contributed by atoms with Gasteiger partial charge in [-0.15, -0.1) is 0 Å². The van der Waals surface area contributed by atoms with E-state index in [0.29, 0.717) is 5.71 Å². The van der Waals surface area contributed by atoms with Gasteiger partial charge in [-0.05, 0) is 18.2 Å². The van der Waals surface area contributed by atoms with Crippen LogP contribution in [0.1, 0.15) is 0 Å². The lowest BCUT2D eigenvalue weighted by molar-refractivity contribution is -0.429. The molecule has 4 rings (SSSR count). The SMILES string of the molecule is C[N+]1=C=[N+](c2ccc3oc4ncccc4c3c2)C=C1. The summed E-state index contributed by atoms with van der Waals surface area (Å²) in [5, 5.41) is 2.11. The molecule has 0 amide bonds. The maximum Gasteiger partial charge on any atom is 0.495 e. The van der Waals surface area contributed by atoms with Crippen molar-refractivity contribution in [3.8, 4) is 0 Å². The third-order valence-corrected chi connectivity index (χ3v) is 3.21. The molecule has 4 nitrogen and oxygen atoms in total. The highest BCUT2D eigenvalue weighted by Crippen LogP contribution is 2.30. The molecule has 1 aliphatic heterocycles. The number of rotatable bonds is 1.